The lowest BCUT2D eigenvalue weighted by atomic mass is 9.81. The van der Waals surface area contributed by atoms with Crippen LogP contribution in [0.2, 0.25) is 0 Å². The first-order chi connectivity index (χ1) is 17.9. The van der Waals surface area contributed by atoms with E-state index >= 15 is 0 Å². The van der Waals surface area contributed by atoms with Crippen molar-refractivity contribution in [2.45, 2.75) is 50.5 Å². The van der Waals surface area contributed by atoms with Crippen molar-refractivity contribution in [2.24, 2.45) is 17.6 Å². The maximum Gasteiger partial charge on any atom is 0.439 e. The van der Waals surface area contributed by atoms with Gasteiger partial charge in [0.25, 0.3) is 0 Å². The number of aromatic amines is 1. The van der Waals surface area contributed by atoms with Crippen molar-refractivity contribution in [3.8, 4) is 11.4 Å². The number of amides is 1. The number of halogens is 1. The van der Waals surface area contributed by atoms with Crippen LogP contribution in [0, 0.1) is 17.7 Å². The first kappa shape index (κ1) is 25.1. The van der Waals surface area contributed by atoms with Gasteiger partial charge >= 0.3 is 5.76 Å². The zero-order valence-electron chi connectivity index (χ0n) is 20.6. The van der Waals surface area contributed by atoms with Crippen molar-refractivity contribution in [2.75, 3.05) is 13.1 Å². The molecule has 1 saturated heterocycles. The Labute approximate surface area is 214 Å². The van der Waals surface area contributed by atoms with Crippen LogP contribution in [0.5, 0.6) is 0 Å². The predicted octanol–water partition coefficient (Wildman–Crippen LogP) is 3.43. The molecule has 194 valence electrons. The Morgan fingerprint density at radius 2 is 1.84 bits per heavy atom. The number of carbonyl (C=O) groups excluding carboxylic acids is 2. The lowest BCUT2D eigenvalue weighted by Crippen LogP contribution is -2.46. The molecule has 1 amide bonds. The minimum Gasteiger partial charge on any atom is -0.332 e. The number of ketones is 1. The van der Waals surface area contributed by atoms with E-state index in [0.29, 0.717) is 31.0 Å². The highest BCUT2D eigenvalue weighted by atomic mass is 19.1. The molecule has 9 heteroatoms. The molecular weight excluding hydrogens is 475 g/mol. The summed E-state index contributed by atoms with van der Waals surface area (Å²) in [6.07, 6.45) is 4.16. The van der Waals surface area contributed by atoms with Gasteiger partial charge in [0.1, 0.15) is 5.82 Å². The topological polar surface area (TPSA) is 122 Å². The Bertz CT molecular complexity index is 1310. The summed E-state index contributed by atoms with van der Waals surface area (Å²) in [5, 5.41) is 3.53. The summed E-state index contributed by atoms with van der Waals surface area (Å²) in [6.45, 7) is 1.17. The third kappa shape index (κ3) is 5.27. The molecule has 0 unspecified atom stereocenters. The third-order valence-electron chi connectivity index (χ3n) is 7.88. The molecule has 2 atom stereocenters. The number of aromatic nitrogens is 2. The van der Waals surface area contributed by atoms with Gasteiger partial charge in [-0.1, -0.05) is 41.6 Å². The number of hydrogen-bond acceptors (Lipinski definition) is 6. The number of nitrogens with zero attached hydrogens (tertiary/aromatic N) is 2. The van der Waals surface area contributed by atoms with Gasteiger partial charge in [0, 0.05) is 24.8 Å². The number of carbonyl (C=O) groups is 2. The lowest BCUT2D eigenvalue weighted by molar-refractivity contribution is -0.142. The Morgan fingerprint density at radius 3 is 2.49 bits per heavy atom. The van der Waals surface area contributed by atoms with E-state index in [1.165, 1.54) is 12.1 Å². The van der Waals surface area contributed by atoms with E-state index < -0.39 is 17.6 Å². The molecule has 2 aromatic carbocycles. The van der Waals surface area contributed by atoms with E-state index in [1.54, 1.807) is 11.0 Å². The smallest absolute Gasteiger partial charge is 0.332 e. The van der Waals surface area contributed by atoms with Crippen LogP contribution >= 0.6 is 0 Å². The number of benzene rings is 2. The van der Waals surface area contributed by atoms with Crippen LogP contribution in [0.1, 0.15) is 49.1 Å². The summed E-state index contributed by atoms with van der Waals surface area (Å²) in [6, 6.07) is 13.6. The molecule has 37 heavy (non-hydrogen) atoms. The molecule has 2 fully saturated rings. The van der Waals surface area contributed by atoms with Crippen LogP contribution in [-0.2, 0) is 16.0 Å². The molecular formula is C28H31FN4O4. The van der Waals surface area contributed by atoms with Crippen molar-refractivity contribution in [3.05, 3.63) is 76.0 Å². The largest absolute Gasteiger partial charge is 0.439 e. The summed E-state index contributed by atoms with van der Waals surface area (Å²) in [5.74, 6) is -1.21. The molecule has 0 radical (unpaired) electrons. The standard InChI is InChI=1S/C28H31FN4O4/c29-23-14-18(8-11-22(23)26-31-28(36)37-32-26)15-24(34)25-21(19-4-2-1-3-5-19)12-13-33(25)27(35)20-9-6-17(16-30)7-10-20/h1-5,8,11,14,17,20-21,25H,6-7,9-10,12-13,15-16,30H2,(H,31,32,36)/t17?,20?,21-,25-/m0/s1. The number of nitrogens with one attached hydrogen (secondary N) is 1. The molecule has 5 rings (SSSR count). The van der Waals surface area contributed by atoms with Crippen LogP contribution < -0.4 is 11.5 Å². The van der Waals surface area contributed by atoms with E-state index in [2.05, 4.69) is 14.7 Å². The van der Waals surface area contributed by atoms with E-state index in [-0.39, 0.29) is 41.3 Å². The summed E-state index contributed by atoms with van der Waals surface area (Å²) in [7, 11) is 0. The fourth-order valence-corrected chi connectivity index (χ4v) is 5.88. The second-order valence-corrected chi connectivity index (χ2v) is 10.1. The maximum absolute atomic E-state index is 14.8. The Hall–Kier alpha value is -3.59. The Balaban J connectivity index is 1.38. The number of rotatable bonds is 7. The van der Waals surface area contributed by atoms with E-state index in [4.69, 9.17) is 5.73 Å². The molecule has 1 aromatic heterocycles. The predicted molar refractivity (Wildman–Crippen MR) is 135 cm³/mol. The minimum absolute atomic E-state index is 0.00969. The van der Waals surface area contributed by atoms with Gasteiger partial charge in [-0.15, -0.1) is 0 Å². The Morgan fingerprint density at radius 1 is 1.08 bits per heavy atom. The molecule has 1 aliphatic carbocycles. The molecule has 3 aromatic rings. The fraction of sp³-hybridized carbons (Fsp3) is 0.429. The summed E-state index contributed by atoms with van der Waals surface area (Å²) in [5.41, 5.74) is 7.43. The average molecular weight is 507 g/mol. The van der Waals surface area contributed by atoms with Gasteiger partial charge < -0.3 is 10.6 Å². The number of H-pyrrole nitrogens is 1. The van der Waals surface area contributed by atoms with Crippen molar-refractivity contribution in [3.63, 3.8) is 0 Å². The van der Waals surface area contributed by atoms with Crippen molar-refractivity contribution < 1.29 is 18.5 Å². The van der Waals surface area contributed by atoms with Gasteiger partial charge in [-0.3, -0.25) is 19.1 Å². The third-order valence-corrected chi connectivity index (χ3v) is 7.88. The molecule has 2 heterocycles. The molecule has 0 bridgehead atoms. The van der Waals surface area contributed by atoms with Gasteiger partial charge in [-0.25, -0.2) is 9.18 Å². The Kier molecular flexibility index (Phi) is 7.32. The molecule has 8 nitrogen and oxygen atoms in total. The normalized spacial score (nSPS) is 23.8. The molecule has 1 saturated carbocycles. The first-order valence-electron chi connectivity index (χ1n) is 12.9. The highest BCUT2D eigenvalue weighted by Gasteiger charge is 2.44. The molecule has 0 spiro atoms. The first-order valence-corrected chi connectivity index (χ1v) is 12.9. The molecule has 1 aliphatic heterocycles. The number of Topliss-reactive ketones (excluding diaryl/α,β-unsaturated/α-hetero) is 1. The number of hydrogen-bond donors (Lipinski definition) is 2. The van der Waals surface area contributed by atoms with E-state index in [1.807, 2.05) is 30.3 Å². The second-order valence-electron chi connectivity index (χ2n) is 10.1. The van der Waals surface area contributed by atoms with Crippen LogP contribution in [-0.4, -0.2) is 45.9 Å². The zero-order valence-corrected chi connectivity index (χ0v) is 20.6. The van der Waals surface area contributed by atoms with Crippen LogP contribution in [0.3, 0.4) is 0 Å². The van der Waals surface area contributed by atoms with Gasteiger partial charge in [0.05, 0.1) is 11.6 Å². The molecule has 2 aliphatic rings. The SMILES string of the molecule is NCC1CCC(C(=O)N2CC[C@@H](c3ccccc3)[C@H]2C(=O)Cc2ccc(-c3noc(=O)[nH]3)c(F)c2)CC1. The number of likely N-dealkylation sites (tertiary alicyclic amines) is 1. The van der Waals surface area contributed by atoms with E-state index in [0.717, 1.165) is 31.2 Å². The summed E-state index contributed by atoms with van der Waals surface area (Å²) in [4.78, 5) is 42.7. The number of nitrogens with two attached hydrogens (primary N) is 1. The van der Waals surface area contributed by atoms with Crippen LogP contribution in [0.4, 0.5) is 4.39 Å². The highest BCUT2D eigenvalue weighted by Crippen LogP contribution is 2.38. The van der Waals surface area contributed by atoms with Gasteiger partial charge in [-0.2, -0.15) is 0 Å². The molecule has 3 N–H and O–H groups in total. The van der Waals surface area contributed by atoms with Crippen molar-refractivity contribution in [1.82, 2.24) is 15.0 Å². The second kappa shape index (κ2) is 10.8. The average Bonchev–Trinajstić information content (AvgIpc) is 3.55. The van der Waals surface area contributed by atoms with Crippen molar-refractivity contribution >= 4 is 11.7 Å². The quantitative estimate of drug-likeness (QED) is 0.506. The summed E-state index contributed by atoms with van der Waals surface area (Å²) >= 11 is 0. The zero-order chi connectivity index (χ0) is 25.9. The van der Waals surface area contributed by atoms with E-state index in [9.17, 15) is 18.8 Å². The fourth-order valence-electron chi connectivity index (χ4n) is 5.88. The van der Waals surface area contributed by atoms with Crippen LogP contribution in [0.15, 0.2) is 57.8 Å². The van der Waals surface area contributed by atoms with Gasteiger partial charge in [-0.05, 0) is 67.8 Å². The maximum atomic E-state index is 14.8. The monoisotopic (exact) mass is 506 g/mol. The van der Waals surface area contributed by atoms with Crippen molar-refractivity contribution in [1.29, 1.82) is 0 Å². The minimum atomic E-state index is -0.775. The van der Waals surface area contributed by atoms with Gasteiger partial charge in [0.15, 0.2) is 11.6 Å². The highest BCUT2D eigenvalue weighted by molar-refractivity contribution is 5.92. The van der Waals surface area contributed by atoms with Gasteiger partial charge in [0.2, 0.25) is 5.91 Å². The van der Waals surface area contributed by atoms with Crippen LogP contribution in [0.25, 0.3) is 11.4 Å². The summed E-state index contributed by atoms with van der Waals surface area (Å²) < 4.78 is 19.3. The lowest BCUT2D eigenvalue weighted by Gasteiger charge is -2.33.